The third-order valence-electron chi connectivity index (χ3n) is 7.93. The van der Waals surface area contributed by atoms with E-state index in [4.69, 9.17) is 0 Å². The van der Waals surface area contributed by atoms with Gasteiger partial charge in [-0.3, -0.25) is 4.79 Å². The normalized spacial score (nSPS) is 29.3. The SMILES string of the molecule is C[C@@H](NC(=O)c1cnn(-c2ccc(C(F)(F)F)cn2)c1C(F)(F)F)C12CC3CC(CC(C3)C1)C2. The van der Waals surface area contributed by atoms with Crippen molar-refractivity contribution in [3.05, 3.63) is 41.3 Å². The van der Waals surface area contributed by atoms with E-state index >= 15 is 0 Å². The zero-order valence-electron chi connectivity index (χ0n) is 18.4. The molecule has 4 fully saturated rings. The van der Waals surface area contributed by atoms with Crippen LogP contribution in [0.1, 0.15) is 67.1 Å². The molecular weight excluding hydrogens is 462 g/mol. The fraction of sp³-hybridized carbons (Fsp3) is 0.609. The lowest BCUT2D eigenvalue weighted by molar-refractivity contribution is -0.143. The Kier molecular flexibility index (Phi) is 5.25. The minimum absolute atomic E-state index is 0.103. The Hall–Kier alpha value is -2.59. The zero-order chi connectivity index (χ0) is 24.5. The predicted molar refractivity (Wildman–Crippen MR) is 109 cm³/mol. The quantitative estimate of drug-likeness (QED) is 0.569. The highest BCUT2D eigenvalue weighted by Crippen LogP contribution is 2.61. The lowest BCUT2D eigenvalue weighted by Crippen LogP contribution is -2.55. The maximum absolute atomic E-state index is 14.0. The molecule has 2 heterocycles. The third-order valence-corrected chi connectivity index (χ3v) is 7.93. The Balaban J connectivity index is 1.42. The Morgan fingerprint density at radius 2 is 1.59 bits per heavy atom. The molecule has 4 bridgehead atoms. The monoisotopic (exact) mass is 486 g/mol. The molecule has 1 N–H and O–H groups in total. The highest BCUT2D eigenvalue weighted by molar-refractivity contribution is 5.95. The molecule has 4 aliphatic carbocycles. The van der Waals surface area contributed by atoms with Crippen LogP contribution in [0.25, 0.3) is 5.82 Å². The number of nitrogens with one attached hydrogen (secondary N) is 1. The van der Waals surface area contributed by atoms with E-state index < -0.39 is 40.9 Å². The van der Waals surface area contributed by atoms with Gasteiger partial charge < -0.3 is 5.32 Å². The second-order valence-electron chi connectivity index (χ2n) is 10.2. The van der Waals surface area contributed by atoms with Crippen LogP contribution in [0.2, 0.25) is 0 Å². The average molecular weight is 486 g/mol. The van der Waals surface area contributed by atoms with Gasteiger partial charge in [0.1, 0.15) is 0 Å². The molecule has 0 aromatic carbocycles. The molecule has 5 nitrogen and oxygen atoms in total. The number of pyridine rings is 1. The van der Waals surface area contributed by atoms with Crippen LogP contribution in [0, 0.1) is 23.2 Å². The molecule has 0 spiro atoms. The van der Waals surface area contributed by atoms with Gasteiger partial charge in [0, 0.05) is 12.2 Å². The molecule has 2 aromatic heterocycles. The number of carbonyl (C=O) groups is 1. The van der Waals surface area contributed by atoms with Gasteiger partial charge in [0.15, 0.2) is 11.5 Å². The number of rotatable bonds is 4. The van der Waals surface area contributed by atoms with Crippen molar-refractivity contribution in [1.29, 1.82) is 0 Å². The molecule has 0 saturated heterocycles. The van der Waals surface area contributed by atoms with Gasteiger partial charge in [0.25, 0.3) is 5.91 Å². The Morgan fingerprint density at radius 1 is 1.00 bits per heavy atom. The summed E-state index contributed by atoms with van der Waals surface area (Å²) >= 11 is 0. The molecule has 0 radical (unpaired) electrons. The summed E-state index contributed by atoms with van der Waals surface area (Å²) in [5.74, 6) is 0.488. The van der Waals surface area contributed by atoms with Crippen molar-refractivity contribution in [3.8, 4) is 5.82 Å². The molecule has 184 valence electrons. The van der Waals surface area contributed by atoms with E-state index in [-0.39, 0.29) is 11.5 Å². The summed E-state index contributed by atoms with van der Waals surface area (Å²) in [5.41, 5.74) is -3.24. The van der Waals surface area contributed by atoms with Crippen LogP contribution in [0.3, 0.4) is 0 Å². The van der Waals surface area contributed by atoms with E-state index in [0.29, 0.717) is 34.7 Å². The van der Waals surface area contributed by atoms with Gasteiger partial charge in [0.2, 0.25) is 0 Å². The van der Waals surface area contributed by atoms with Crippen molar-refractivity contribution in [3.63, 3.8) is 0 Å². The number of hydrogen-bond donors (Lipinski definition) is 1. The van der Waals surface area contributed by atoms with Crippen molar-refractivity contribution in [2.75, 3.05) is 0 Å². The van der Waals surface area contributed by atoms with Gasteiger partial charge in [-0.2, -0.15) is 31.4 Å². The van der Waals surface area contributed by atoms with Gasteiger partial charge in [0.05, 0.1) is 17.3 Å². The molecule has 4 aliphatic rings. The van der Waals surface area contributed by atoms with Crippen LogP contribution in [0.5, 0.6) is 0 Å². The highest BCUT2D eigenvalue weighted by Gasteiger charge is 2.53. The number of nitrogens with zero attached hydrogens (tertiary/aromatic N) is 3. The fourth-order valence-corrected chi connectivity index (χ4v) is 6.78. The van der Waals surface area contributed by atoms with Crippen LogP contribution < -0.4 is 5.32 Å². The molecular formula is C23H24F6N4O. The van der Waals surface area contributed by atoms with Crippen LogP contribution in [0.4, 0.5) is 26.3 Å². The molecule has 34 heavy (non-hydrogen) atoms. The summed E-state index contributed by atoms with van der Waals surface area (Å²) in [6.07, 6.45) is -1.90. The topological polar surface area (TPSA) is 59.8 Å². The second-order valence-corrected chi connectivity index (χ2v) is 10.2. The summed E-state index contributed by atoms with van der Waals surface area (Å²) < 4.78 is 80.6. The molecule has 11 heteroatoms. The van der Waals surface area contributed by atoms with Gasteiger partial charge >= 0.3 is 12.4 Å². The Bertz CT molecular complexity index is 1050. The van der Waals surface area contributed by atoms with E-state index in [0.717, 1.165) is 31.5 Å². The highest BCUT2D eigenvalue weighted by atomic mass is 19.4. The maximum Gasteiger partial charge on any atom is 0.434 e. The average Bonchev–Trinajstić information content (AvgIpc) is 3.18. The number of halogens is 6. The van der Waals surface area contributed by atoms with E-state index in [9.17, 15) is 31.1 Å². The first-order valence-electron chi connectivity index (χ1n) is 11.4. The van der Waals surface area contributed by atoms with Crippen LogP contribution >= 0.6 is 0 Å². The summed E-state index contributed by atoms with van der Waals surface area (Å²) in [7, 11) is 0. The van der Waals surface area contributed by atoms with Crippen molar-refractivity contribution in [2.45, 2.75) is 63.8 Å². The first-order chi connectivity index (χ1) is 15.9. The number of amides is 1. The molecule has 2 aromatic rings. The summed E-state index contributed by atoms with van der Waals surface area (Å²) in [6.45, 7) is 1.86. The number of hydrogen-bond acceptors (Lipinski definition) is 3. The number of alkyl halides is 6. The minimum atomic E-state index is -4.97. The van der Waals surface area contributed by atoms with Crippen molar-refractivity contribution in [1.82, 2.24) is 20.1 Å². The maximum atomic E-state index is 14.0. The molecule has 6 rings (SSSR count). The lowest BCUT2D eigenvalue weighted by atomic mass is 9.48. The first kappa shape index (κ1) is 23.2. The largest absolute Gasteiger partial charge is 0.434 e. The second kappa shape index (κ2) is 7.71. The van der Waals surface area contributed by atoms with Crippen LogP contribution in [-0.4, -0.2) is 26.7 Å². The number of carbonyl (C=O) groups excluding carboxylic acids is 1. The number of aromatic nitrogens is 3. The fourth-order valence-electron chi connectivity index (χ4n) is 6.78. The Morgan fingerprint density at radius 3 is 2.06 bits per heavy atom. The Labute approximate surface area is 191 Å². The first-order valence-corrected chi connectivity index (χ1v) is 11.4. The van der Waals surface area contributed by atoms with Crippen molar-refractivity contribution < 1.29 is 31.1 Å². The van der Waals surface area contributed by atoms with Gasteiger partial charge in [-0.1, -0.05) is 0 Å². The lowest BCUT2D eigenvalue weighted by Gasteiger charge is -2.59. The zero-order valence-corrected chi connectivity index (χ0v) is 18.4. The van der Waals surface area contributed by atoms with Gasteiger partial charge in [-0.25, -0.2) is 9.67 Å². The molecule has 1 amide bonds. The predicted octanol–water partition coefficient (Wildman–Crippen LogP) is 5.64. The summed E-state index contributed by atoms with van der Waals surface area (Å²) in [4.78, 5) is 16.5. The van der Waals surface area contributed by atoms with E-state index in [2.05, 4.69) is 15.4 Å². The molecule has 1 atom stereocenters. The van der Waals surface area contributed by atoms with Crippen molar-refractivity contribution in [2.24, 2.45) is 23.2 Å². The molecule has 4 saturated carbocycles. The van der Waals surface area contributed by atoms with Crippen molar-refractivity contribution >= 4 is 5.91 Å². The third kappa shape index (κ3) is 3.96. The summed E-state index contributed by atoms with van der Waals surface area (Å²) in [5, 5.41) is 6.46. The van der Waals surface area contributed by atoms with Gasteiger partial charge in [-0.15, -0.1) is 0 Å². The molecule has 0 unspecified atom stereocenters. The van der Waals surface area contributed by atoms with Crippen LogP contribution in [0.15, 0.2) is 24.5 Å². The smallest absolute Gasteiger partial charge is 0.349 e. The summed E-state index contributed by atoms with van der Waals surface area (Å²) in [6, 6.07) is 1.12. The van der Waals surface area contributed by atoms with Gasteiger partial charge in [-0.05, 0) is 80.8 Å². The van der Waals surface area contributed by atoms with Crippen LogP contribution in [-0.2, 0) is 12.4 Å². The minimum Gasteiger partial charge on any atom is -0.349 e. The standard InChI is InChI=1S/C23H24F6N4O/c1-12(21-7-13-4-14(8-21)6-15(5-13)9-21)32-20(34)17-11-31-33(19(17)23(27,28)29)18-3-2-16(10-30-18)22(24,25)26/h2-3,10-15H,4-9H2,1H3,(H,32,34)/t12-,13?,14?,15?,21?/m1/s1. The molecule has 0 aliphatic heterocycles. The van der Waals surface area contributed by atoms with E-state index in [1.807, 2.05) is 6.92 Å². The van der Waals surface area contributed by atoms with E-state index in [1.54, 1.807) is 0 Å². The van der Waals surface area contributed by atoms with E-state index in [1.165, 1.54) is 19.3 Å².